The van der Waals surface area contributed by atoms with Crippen molar-refractivity contribution in [2.75, 3.05) is 6.54 Å². The summed E-state index contributed by atoms with van der Waals surface area (Å²) in [6, 6.07) is 14.6. The largest absolute Gasteiger partial charge is 0.457 e. The van der Waals surface area contributed by atoms with Crippen LogP contribution < -0.4 is 21.7 Å². The smallest absolute Gasteiger partial charge is 0.442 e. The maximum atomic E-state index is 11.5. The Hall–Kier alpha value is -3.32. The molecule has 0 bridgehead atoms. The number of nitrogens with zero attached hydrogens (tertiary/aromatic N) is 1. The second kappa shape index (κ2) is 5.95. The van der Waals surface area contributed by atoms with Gasteiger partial charge in [0, 0.05) is 10.9 Å². The molecule has 0 saturated heterocycles. The molecule has 0 amide bonds. The molecule has 4 rings (SSSR count). The first-order chi connectivity index (χ1) is 12.2. The monoisotopic (exact) mass is 338 g/mol. The van der Waals surface area contributed by atoms with Crippen molar-refractivity contribution in [2.45, 2.75) is 6.42 Å². The van der Waals surface area contributed by atoms with Gasteiger partial charge in [0.15, 0.2) is 0 Å². The molecule has 4 aromatic rings. The molecule has 0 aliphatic carbocycles. The summed E-state index contributed by atoms with van der Waals surface area (Å²) in [4.78, 5) is 23.0. The van der Waals surface area contributed by atoms with Gasteiger partial charge in [0.2, 0.25) is 5.71 Å². The van der Waals surface area contributed by atoms with Crippen LogP contribution in [-0.4, -0.2) is 11.1 Å². The quantitative estimate of drug-likeness (QED) is 0.573. The first kappa shape index (κ1) is 15.2. The van der Waals surface area contributed by atoms with E-state index in [9.17, 15) is 9.59 Å². The van der Waals surface area contributed by atoms with Gasteiger partial charge in [0.05, 0.1) is 5.52 Å². The molecule has 25 heavy (non-hydrogen) atoms. The van der Waals surface area contributed by atoms with Crippen LogP contribution >= 0.6 is 0 Å². The van der Waals surface area contributed by atoms with Gasteiger partial charge in [-0.15, -0.1) is 4.57 Å². The van der Waals surface area contributed by atoms with Gasteiger partial charge in [0.25, 0.3) is 0 Å². The first-order valence-corrected chi connectivity index (χ1v) is 7.72. The number of ether oxygens (including phenoxy) is 1. The summed E-state index contributed by atoms with van der Waals surface area (Å²) in [5.41, 5.74) is 5.04. The molecule has 2 heterocycles. The minimum atomic E-state index is -1.06. The first-order valence-electron chi connectivity index (χ1n) is 7.72. The van der Waals surface area contributed by atoms with Crippen LogP contribution in [0.5, 0.6) is 11.5 Å². The predicted octanol–water partition coefficient (Wildman–Crippen LogP) is 2.29. The maximum Gasteiger partial charge on any atom is 0.442 e. The van der Waals surface area contributed by atoms with Crippen molar-refractivity contribution in [2.24, 2.45) is 5.73 Å². The van der Waals surface area contributed by atoms with Gasteiger partial charge in [-0.05, 0) is 43.3 Å². The lowest BCUT2D eigenvalue weighted by Gasteiger charge is -2.05. The summed E-state index contributed by atoms with van der Waals surface area (Å²) in [7, 11) is 0. The van der Waals surface area contributed by atoms with E-state index in [4.69, 9.17) is 19.4 Å². The number of rotatable bonds is 4. The Morgan fingerprint density at radius 1 is 1.00 bits per heavy atom. The molecule has 2 N–H and O–H groups in total. The van der Waals surface area contributed by atoms with Crippen molar-refractivity contribution in [3.63, 3.8) is 0 Å². The van der Waals surface area contributed by atoms with Crippen LogP contribution in [0.15, 0.2) is 67.1 Å². The molecule has 2 aromatic heterocycles. The molecule has 7 heteroatoms. The SMILES string of the molecule is NCCc1c2cc(Oc3ccccc3)ccc2n2oc(=O)c(=O)oc12. The number of hydrogen-bond donors (Lipinski definition) is 1. The standard InChI is InChI=1S/C18H14N2O5/c19-9-8-13-14-10-12(23-11-4-2-1-3-5-11)6-7-15(14)20-16(13)24-17(21)18(22)25-20/h1-7,10H,8-9,19H2. The summed E-state index contributed by atoms with van der Waals surface area (Å²) in [5, 5.41) is 0.747. The molecule has 126 valence electrons. The van der Waals surface area contributed by atoms with Crippen LogP contribution in [0.25, 0.3) is 16.6 Å². The Morgan fingerprint density at radius 2 is 1.80 bits per heavy atom. The summed E-state index contributed by atoms with van der Waals surface area (Å²) in [6.07, 6.45) is 0.457. The van der Waals surface area contributed by atoms with Crippen LogP contribution in [0.1, 0.15) is 5.56 Å². The number of benzene rings is 2. The van der Waals surface area contributed by atoms with Crippen LogP contribution in [0.3, 0.4) is 0 Å². The van der Waals surface area contributed by atoms with Gasteiger partial charge >= 0.3 is 11.3 Å². The van der Waals surface area contributed by atoms with Crippen molar-refractivity contribution in [1.29, 1.82) is 0 Å². The summed E-state index contributed by atoms with van der Waals surface area (Å²) >= 11 is 0. The lowest BCUT2D eigenvalue weighted by molar-refractivity contribution is 0.286. The molecular weight excluding hydrogens is 324 g/mol. The number of aromatic nitrogens is 1. The number of nitrogens with two attached hydrogens (primary N) is 1. The highest BCUT2D eigenvalue weighted by Crippen LogP contribution is 2.31. The third kappa shape index (κ3) is 2.60. The van der Waals surface area contributed by atoms with Crippen molar-refractivity contribution in [1.82, 2.24) is 4.57 Å². The topological polar surface area (TPSA) is 100 Å². The number of hydrogen-bond acceptors (Lipinski definition) is 6. The molecule has 7 nitrogen and oxygen atoms in total. The van der Waals surface area contributed by atoms with Crippen molar-refractivity contribution >= 4 is 16.6 Å². The molecule has 0 radical (unpaired) electrons. The lowest BCUT2D eigenvalue weighted by Crippen LogP contribution is -2.23. The van der Waals surface area contributed by atoms with E-state index in [0.717, 1.165) is 5.39 Å². The Balaban J connectivity index is 1.94. The Labute approximate surface area is 140 Å². The van der Waals surface area contributed by atoms with Crippen molar-refractivity contribution in [3.05, 3.63) is 74.9 Å². The fraction of sp³-hybridized carbons (Fsp3) is 0.111. The summed E-state index contributed by atoms with van der Waals surface area (Å²) < 4.78 is 17.2. The molecule has 0 aliphatic heterocycles. The normalized spacial score (nSPS) is 11.2. The van der Waals surface area contributed by atoms with E-state index in [1.807, 2.05) is 30.3 Å². The number of fused-ring (bicyclic) bond motifs is 3. The van der Waals surface area contributed by atoms with E-state index in [1.165, 1.54) is 4.57 Å². The van der Waals surface area contributed by atoms with Crippen LogP contribution in [0.2, 0.25) is 0 Å². The van der Waals surface area contributed by atoms with E-state index in [-0.39, 0.29) is 5.71 Å². The Morgan fingerprint density at radius 3 is 2.56 bits per heavy atom. The highest BCUT2D eigenvalue weighted by Gasteiger charge is 2.18. The van der Waals surface area contributed by atoms with Crippen LogP contribution in [-0.2, 0) is 6.42 Å². The fourth-order valence-corrected chi connectivity index (χ4v) is 2.80. The van der Waals surface area contributed by atoms with Crippen LogP contribution in [0, 0.1) is 0 Å². The zero-order valence-corrected chi connectivity index (χ0v) is 13.1. The Bertz CT molecular complexity index is 1170. The lowest BCUT2D eigenvalue weighted by atomic mass is 10.1. The molecule has 0 fully saturated rings. The zero-order valence-electron chi connectivity index (χ0n) is 13.1. The molecule has 0 saturated carbocycles. The van der Waals surface area contributed by atoms with Gasteiger partial charge in [-0.25, -0.2) is 9.59 Å². The van der Waals surface area contributed by atoms with Gasteiger partial charge < -0.3 is 19.4 Å². The summed E-state index contributed by atoms with van der Waals surface area (Å²) in [6.45, 7) is 0.349. The molecule has 0 unspecified atom stereocenters. The van der Waals surface area contributed by atoms with Crippen molar-refractivity contribution < 1.29 is 13.7 Å². The average molecular weight is 338 g/mol. The minimum Gasteiger partial charge on any atom is -0.457 e. The van der Waals surface area contributed by atoms with E-state index >= 15 is 0 Å². The van der Waals surface area contributed by atoms with Crippen molar-refractivity contribution in [3.8, 4) is 11.5 Å². The van der Waals surface area contributed by atoms with E-state index in [0.29, 0.717) is 35.5 Å². The van der Waals surface area contributed by atoms with Gasteiger partial charge in [-0.2, -0.15) is 0 Å². The average Bonchev–Trinajstić information content (AvgIpc) is 2.90. The minimum absolute atomic E-state index is 0.182. The highest BCUT2D eigenvalue weighted by molar-refractivity contribution is 5.91. The fourth-order valence-electron chi connectivity index (χ4n) is 2.80. The van der Waals surface area contributed by atoms with Crippen LogP contribution in [0.4, 0.5) is 0 Å². The van der Waals surface area contributed by atoms with E-state index in [2.05, 4.69) is 0 Å². The zero-order chi connectivity index (χ0) is 17.4. The predicted molar refractivity (Wildman–Crippen MR) is 91.2 cm³/mol. The highest BCUT2D eigenvalue weighted by atomic mass is 16.5. The van der Waals surface area contributed by atoms with Gasteiger partial charge in [-0.1, -0.05) is 18.2 Å². The molecule has 0 aliphatic rings. The van der Waals surface area contributed by atoms with E-state index < -0.39 is 11.3 Å². The third-order valence-electron chi connectivity index (χ3n) is 3.86. The Kier molecular flexibility index (Phi) is 3.62. The van der Waals surface area contributed by atoms with Gasteiger partial charge in [-0.3, -0.25) is 0 Å². The third-order valence-corrected chi connectivity index (χ3v) is 3.86. The molecular formula is C18H14N2O5. The molecule has 0 atom stereocenters. The summed E-state index contributed by atoms with van der Waals surface area (Å²) in [5.74, 6) is 1.31. The number of para-hydroxylation sites is 1. The maximum absolute atomic E-state index is 11.5. The molecule has 0 spiro atoms. The van der Waals surface area contributed by atoms with E-state index in [1.54, 1.807) is 18.2 Å². The second-order valence-electron chi connectivity index (χ2n) is 5.48. The van der Waals surface area contributed by atoms with Gasteiger partial charge in [0.1, 0.15) is 11.5 Å². The second-order valence-corrected chi connectivity index (χ2v) is 5.48. The molecule has 2 aromatic carbocycles.